The highest BCUT2D eigenvalue weighted by atomic mass is 35.7. The molecule has 0 aliphatic carbocycles. The summed E-state index contributed by atoms with van der Waals surface area (Å²) in [6, 6.07) is 0.232. The fourth-order valence-electron chi connectivity index (χ4n) is 2.28. The molecule has 1 rings (SSSR count). The Bertz CT molecular complexity index is 351. The molecule has 1 saturated heterocycles. The molecule has 0 spiro atoms. The molecule has 0 aromatic heterocycles. The first-order valence-corrected chi connectivity index (χ1v) is 8.07. The molecule has 1 unspecified atom stereocenters. The molecular formula is C10H18ClNO3S. The normalized spacial score (nSPS) is 22.1. The minimum atomic E-state index is -3.50. The quantitative estimate of drug-likeness (QED) is 0.711. The van der Waals surface area contributed by atoms with E-state index in [1.807, 2.05) is 13.8 Å². The van der Waals surface area contributed by atoms with Gasteiger partial charge in [0.15, 0.2) is 0 Å². The van der Waals surface area contributed by atoms with E-state index < -0.39 is 9.05 Å². The summed E-state index contributed by atoms with van der Waals surface area (Å²) < 4.78 is 21.9. The highest BCUT2D eigenvalue weighted by molar-refractivity contribution is 8.13. The van der Waals surface area contributed by atoms with Gasteiger partial charge in [-0.3, -0.25) is 4.79 Å². The van der Waals surface area contributed by atoms with Crippen LogP contribution in [0.4, 0.5) is 0 Å². The number of amides is 1. The van der Waals surface area contributed by atoms with Crippen LogP contribution in [0.1, 0.15) is 33.1 Å². The maximum absolute atomic E-state index is 11.7. The van der Waals surface area contributed by atoms with Gasteiger partial charge >= 0.3 is 0 Å². The summed E-state index contributed by atoms with van der Waals surface area (Å²) in [6.45, 7) is 4.59. The Hall–Kier alpha value is -0.290. The predicted octanol–water partition coefficient (Wildman–Crippen LogP) is 1.59. The minimum absolute atomic E-state index is 0.0546. The topological polar surface area (TPSA) is 54.5 Å². The van der Waals surface area contributed by atoms with Gasteiger partial charge in [-0.25, -0.2) is 8.42 Å². The van der Waals surface area contributed by atoms with Gasteiger partial charge < -0.3 is 4.90 Å². The molecule has 0 N–H and O–H groups in total. The van der Waals surface area contributed by atoms with Crippen LogP contribution in [-0.4, -0.2) is 37.6 Å². The van der Waals surface area contributed by atoms with Crippen molar-refractivity contribution in [3.05, 3.63) is 0 Å². The summed E-state index contributed by atoms with van der Waals surface area (Å²) in [4.78, 5) is 13.5. The van der Waals surface area contributed by atoms with E-state index in [1.165, 1.54) is 0 Å². The second kappa shape index (κ2) is 5.36. The molecule has 1 aliphatic heterocycles. The molecule has 0 aromatic carbocycles. The number of halogens is 1. The molecule has 1 heterocycles. The van der Waals surface area contributed by atoms with Gasteiger partial charge in [-0.2, -0.15) is 0 Å². The van der Waals surface area contributed by atoms with Crippen molar-refractivity contribution in [3.63, 3.8) is 0 Å². The average molecular weight is 268 g/mol. The smallest absolute Gasteiger partial charge is 0.232 e. The van der Waals surface area contributed by atoms with Crippen molar-refractivity contribution in [3.8, 4) is 0 Å². The summed E-state index contributed by atoms with van der Waals surface area (Å²) in [5, 5.41) is 0. The molecule has 1 amide bonds. The molecule has 0 aromatic rings. The van der Waals surface area contributed by atoms with E-state index in [-0.39, 0.29) is 23.6 Å². The zero-order valence-corrected chi connectivity index (χ0v) is 11.2. The van der Waals surface area contributed by atoms with Gasteiger partial charge in [-0.1, -0.05) is 13.8 Å². The number of likely N-dealkylation sites (tertiary alicyclic amines) is 1. The van der Waals surface area contributed by atoms with Crippen LogP contribution in [0.3, 0.4) is 0 Å². The lowest BCUT2D eigenvalue weighted by atomic mass is 10.1. The van der Waals surface area contributed by atoms with Gasteiger partial charge in [-0.05, 0) is 12.8 Å². The van der Waals surface area contributed by atoms with Gasteiger partial charge in [0.05, 0.1) is 5.75 Å². The van der Waals surface area contributed by atoms with Crippen molar-refractivity contribution in [2.24, 2.45) is 5.92 Å². The molecule has 16 heavy (non-hydrogen) atoms. The van der Waals surface area contributed by atoms with Crippen LogP contribution in [-0.2, 0) is 13.8 Å². The van der Waals surface area contributed by atoms with Gasteiger partial charge in [0.1, 0.15) is 0 Å². The van der Waals surface area contributed by atoms with E-state index in [0.717, 1.165) is 12.8 Å². The summed E-state index contributed by atoms with van der Waals surface area (Å²) in [5.74, 6) is -0.189. The molecular weight excluding hydrogens is 250 g/mol. The lowest BCUT2D eigenvalue weighted by Gasteiger charge is -2.26. The third-order valence-corrected chi connectivity index (χ3v) is 4.30. The average Bonchev–Trinajstić information content (AvgIpc) is 2.46. The molecule has 0 bridgehead atoms. The highest BCUT2D eigenvalue weighted by Gasteiger charge is 2.34. The number of hydrogen-bond acceptors (Lipinski definition) is 3. The van der Waals surface area contributed by atoms with E-state index in [4.69, 9.17) is 10.7 Å². The lowest BCUT2D eigenvalue weighted by molar-refractivity contribution is -0.129. The van der Waals surface area contributed by atoms with Crippen LogP contribution in [0, 0.1) is 5.92 Å². The number of nitrogens with zero attached hydrogens (tertiary/aromatic N) is 1. The van der Waals surface area contributed by atoms with Crippen LogP contribution >= 0.6 is 10.7 Å². The van der Waals surface area contributed by atoms with Crippen LogP contribution < -0.4 is 0 Å². The Morgan fingerprint density at radius 1 is 1.44 bits per heavy atom. The third-order valence-electron chi connectivity index (χ3n) is 3.06. The van der Waals surface area contributed by atoms with Gasteiger partial charge in [0.2, 0.25) is 15.0 Å². The Morgan fingerprint density at radius 2 is 2.00 bits per heavy atom. The molecule has 0 radical (unpaired) electrons. The van der Waals surface area contributed by atoms with Crippen LogP contribution in [0.2, 0.25) is 0 Å². The Kier molecular flexibility index (Phi) is 4.62. The predicted molar refractivity (Wildman–Crippen MR) is 63.8 cm³/mol. The van der Waals surface area contributed by atoms with Crippen LogP contribution in [0.15, 0.2) is 0 Å². The maximum Gasteiger partial charge on any atom is 0.232 e. The van der Waals surface area contributed by atoms with E-state index in [0.29, 0.717) is 13.0 Å². The number of hydrogen-bond donors (Lipinski definition) is 0. The summed E-state index contributed by atoms with van der Waals surface area (Å²) in [6.07, 6.45) is 2.12. The minimum Gasteiger partial charge on any atom is -0.339 e. The molecule has 0 saturated carbocycles. The van der Waals surface area contributed by atoms with Crippen molar-refractivity contribution in [1.82, 2.24) is 4.90 Å². The number of carbonyl (C=O) groups excluding carboxylic acids is 1. The fraction of sp³-hybridized carbons (Fsp3) is 0.900. The standard InChI is InChI=1S/C10H18ClNO3S/c1-3-9(4-2)12-6-8(5-10(12)13)7-16(11,14)15/h8-9H,3-7H2,1-2H3. The first kappa shape index (κ1) is 13.8. The van der Waals surface area contributed by atoms with Crippen molar-refractivity contribution in [2.75, 3.05) is 12.3 Å². The zero-order chi connectivity index (χ0) is 12.3. The Balaban J connectivity index is 2.63. The number of rotatable bonds is 5. The molecule has 4 nitrogen and oxygen atoms in total. The largest absolute Gasteiger partial charge is 0.339 e. The van der Waals surface area contributed by atoms with E-state index in [2.05, 4.69) is 0 Å². The van der Waals surface area contributed by atoms with Crippen molar-refractivity contribution >= 4 is 25.6 Å². The van der Waals surface area contributed by atoms with Crippen molar-refractivity contribution in [1.29, 1.82) is 0 Å². The van der Waals surface area contributed by atoms with E-state index in [9.17, 15) is 13.2 Å². The SMILES string of the molecule is CCC(CC)N1CC(CS(=O)(=O)Cl)CC1=O. The lowest BCUT2D eigenvalue weighted by Crippen LogP contribution is -2.36. The van der Waals surface area contributed by atoms with E-state index >= 15 is 0 Å². The first-order chi connectivity index (χ1) is 7.37. The fourth-order valence-corrected chi connectivity index (χ4v) is 3.60. The molecule has 1 aliphatic rings. The molecule has 94 valence electrons. The van der Waals surface area contributed by atoms with Gasteiger partial charge in [-0.15, -0.1) is 0 Å². The number of carbonyl (C=O) groups is 1. The van der Waals surface area contributed by atoms with Crippen molar-refractivity contribution in [2.45, 2.75) is 39.2 Å². The van der Waals surface area contributed by atoms with Crippen LogP contribution in [0.5, 0.6) is 0 Å². The molecule has 1 atom stereocenters. The second-order valence-electron chi connectivity index (χ2n) is 4.29. The van der Waals surface area contributed by atoms with Gasteiger partial charge in [0, 0.05) is 35.6 Å². The third kappa shape index (κ3) is 3.63. The summed E-state index contributed by atoms with van der Waals surface area (Å²) in [7, 11) is 1.70. The van der Waals surface area contributed by atoms with Crippen molar-refractivity contribution < 1.29 is 13.2 Å². The van der Waals surface area contributed by atoms with E-state index in [1.54, 1.807) is 4.90 Å². The Labute approximate surface area is 101 Å². The highest BCUT2D eigenvalue weighted by Crippen LogP contribution is 2.24. The zero-order valence-electron chi connectivity index (χ0n) is 9.65. The Morgan fingerprint density at radius 3 is 2.44 bits per heavy atom. The second-order valence-corrected chi connectivity index (χ2v) is 7.11. The summed E-state index contributed by atoms with van der Waals surface area (Å²) in [5.41, 5.74) is 0. The molecule has 6 heteroatoms. The summed E-state index contributed by atoms with van der Waals surface area (Å²) >= 11 is 0. The first-order valence-electron chi connectivity index (χ1n) is 5.59. The molecule has 1 fully saturated rings. The van der Waals surface area contributed by atoms with Crippen LogP contribution in [0.25, 0.3) is 0 Å². The van der Waals surface area contributed by atoms with Gasteiger partial charge in [0.25, 0.3) is 0 Å². The monoisotopic (exact) mass is 267 g/mol. The maximum atomic E-state index is 11.7.